The van der Waals surface area contributed by atoms with Crippen molar-refractivity contribution in [2.45, 2.75) is 32.4 Å². The molecule has 0 spiro atoms. The molecule has 0 bridgehead atoms. The molecular formula is C15H21N3O. The van der Waals surface area contributed by atoms with Gasteiger partial charge in [0.2, 0.25) is 0 Å². The number of hydrogen-bond acceptors (Lipinski definition) is 3. The van der Waals surface area contributed by atoms with Crippen LogP contribution < -0.4 is 15.6 Å². The van der Waals surface area contributed by atoms with Crippen molar-refractivity contribution in [1.29, 1.82) is 0 Å². The molecule has 0 radical (unpaired) electrons. The van der Waals surface area contributed by atoms with Crippen molar-refractivity contribution in [3.05, 3.63) is 40.0 Å². The molecule has 4 nitrogen and oxygen atoms in total. The van der Waals surface area contributed by atoms with Crippen molar-refractivity contribution in [3.8, 4) is 0 Å². The number of hydrogen-bond donors (Lipinski definition) is 1. The minimum absolute atomic E-state index is 0.198. The summed E-state index contributed by atoms with van der Waals surface area (Å²) < 4.78 is 0. The number of piperidine rings is 1. The lowest BCUT2D eigenvalue weighted by molar-refractivity contribution is -0.802. The van der Waals surface area contributed by atoms with Crippen molar-refractivity contribution in [2.75, 3.05) is 19.6 Å². The standard InChI is InChI=1S/C15H21N3O/c1-12-13-7-3-4-8-14(13)16-15(18(12)19)11-17-9-5-2-6-10-17/h3-4,7-8,15,18H,2,5-6,9-11H2,1H3. The molecule has 102 valence electrons. The highest BCUT2D eigenvalue weighted by Crippen LogP contribution is 2.08. The topological polar surface area (TPSA) is 43.1 Å². The molecule has 0 amide bonds. The lowest BCUT2D eigenvalue weighted by Crippen LogP contribution is -3.11. The van der Waals surface area contributed by atoms with Crippen LogP contribution in [0.15, 0.2) is 29.3 Å². The van der Waals surface area contributed by atoms with Gasteiger partial charge in [0.05, 0.1) is 17.1 Å². The molecule has 1 fully saturated rings. The van der Waals surface area contributed by atoms with Crippen LogP contribution in [0.3, 0.4) is 0 Å². The minimum atomic E-state index is -0.201. The number of hydroxylamine groups is 2. The first kappa shape index (κ1) is 12.8. The van der Waals surface area contributed by atoms with E-state index in [0.29, 0.717) is 0 Å². The van der Waals surface area contributed by atoms with E-state index in [1.165, 1.54) is 19.3 Å². The van der Waals surface area contributed by atoms with Gasteiger partial charge in [-0.3, -0.25) is 4.90 Å². The molecule has 1 aromatic carbocycles. The van der Waals surface area contributed by atoms with Crippen molar-refractivity contribution >= 4 is 5.70 Å². The molecule has 0 aromatic heterocycles. The summed E-state index contributed by atoms with van der Waals surface area (Å²) in [6, 6.07) is 7.96. The normalized spacial score (nSPS) is 27.8. The maximum Gasteiger partial charge on any atom is 0.198 e. The average molecular weight is 259 g/mol. The first-order valence-corrected chi connectivity index (χ1v) is 7.16. The maximum atomic E-state index is 12.4. The van der Waals surface area contributed by atoms with Crippen LogP contribution in [-0.2, 0) is 0 Å². The van der Waals surface area contributed by atoms with Crippen LogP contribution in [0.25, 0.3) is 5.70 Å². The Morgan fingerprint density at radius 2 is 2.00 bits per heavy atom. The molecule has 2 atom stereocenters. The zero-order valence-electron chi connectivity index (χ0n) is 11.4. The number of benzene rings is 1. The Kier molecular flexibility index (Phi) is 3.64. The van der Waals surface area contributed by atoms with E-state index in [2.05, 4.69) is 9.89 Å². The molecule has 1 aromatic rings. The number of nitrogens with one attached hydrogen (secondary N) is 1. The van der Waals surface area contributed by atoms with Gasteiger partial charge in [0, 0.05) is 6.92 Å². The van der Waals surface area contributed by atoms with Gasteiger partial charge in [-0.25, -0.2) is 4.99 Å². The maximum absolute atomic E-state index is 12.4. The largest absolute Gasteiger partial charge is 0.627 e. The molecule has 2 aliphatic rings. The summed E-state index contributed by atoms with van der Waals surface area (Å²) in [6.07, 6.45) is 3.62. The summed E-state index contributed by atoms with van der Waals surface area (Å²) >= 11 is 0. The van der Waals surface area contributed by atoms with E-state index >= 15 is 0 Å². The second-order valence-electron chi connectivity index (χ2n) is 5.51. The lowest BCUT2D eigenvalue weighted by atomic mass is 10.1. The zero-order valence-corrected chi connectivity index (χ0v) is 11.4. The quantitative estimate of drug-likeness (QED) is 0.737. The van der Waals surface area contributed by atoms with Crippen molar-refractivity contribution < 1.29 is 5.06 Å². The number of likely N-dealkylation sites (tertiary alicyclic amines) is 1. The Hall–Kier alpha value is -1.23. The van der Waals surface area contributed by atoms with Gasteiger partial charge in [-0.2, -0.15) is 0 Å². The van der Waals surface area contributed by atoms with Crippen LogP contribution in [0.2, 0.25) is 0 Å². The van der Waals surface area contributed by atoms with E-state index in [1.54, 1.807) is 0 Å². The number of quaternary nitrogens is 1. The highest BCUT2D eigenvalue weighted by Gasteiger charge is 2.24. The molecule has 0 saturated carbocycles. The highest BCUT2D eigenvalue weighted by molar-refractivity contribution is 5.32. The molecule has 19 heavy (non-hydrogen) atoms. The first-order chi connectivity index (χ1) is 9.25. The fraction of sp³-hybridized carbons (Fsp3) is 0.533. The average Bonchev–Trinajstić information content (AvgIpc) is 2.46. The van der Waals surface area contributed by atoms with Crippen molar-refractivity contribution in [1.82, 2.24) is 4.90 Å². The summed E-state index contributed by atoms with van der Waals surface area (Å²) in [5.74, 6) is 0. The van der Waals surface area contributed by atoms with Gasteiger partial charge in [0.1, 0.15) is 5.70 Å². The third-order valence-corrected chi connectivity index (χ3v) is 4.16. The van der Waals surface area contributed by atoms with E-state index in [4.69, 9.17) is 0 Å². The predicted octanol–water partition coefficient (Wildman–Crippen LogP) is -0.357. The van der Waals surface area contributed by atoms with E-state index in [1.807, 2.05) is 31.2 Å². The van der Waals surface area contributed by atoms with Gasteiger partial charge in [0.15, 0.2) is 6.17 Å². The van der Waals surface area contributed by atoms with E-state index < -0.39 is 0 Å². The Bertz CT molecular complexity index is 563. The number of fused-ring (bicyclic) bond motifs is 1. The minimum Gasteiger partial charge on any atom is -0.627 e. The summed E-state index contributed by atoms with van der Waals surface area (Å²) in [4.78, 5) is 7.04. The van der Waals surface area contributed by atoms with Crippen LogP contribution >= 0.6 is 0 Å². The molecule has 1 saturated heterocycles. The second kappa shape index (κ2) is 5.41. The molecular weight excluding hydrogens is 238 g/mol. The molecule has 1 N–H and O–H groups in total. The molecule has 2 aliphatic heterocycles. The molecule has 3 rings (SSSR count). The fourth-order valence-electron chi connectivity index (χ4n) is 3.02. The van der Waals surface area contributed by atoms with Crippen LogP contribution in [0.1, 0.15) is 26.2 Å². The third kappa shape index (κ3) is 2.56. The monoisotopic (exact) mass is 259 g/mol. The lowest BCUT2D eigenvalue weighted by Gasteiger charge is -2.35. The number of para-hydroxylation sites is 1. The predicted molar refractivity (Wildman–Crippen MR) is 74.7 cm³/mol. The van der Waals surface area contributed by atoms with Gasteiger partial charge in [-0.1, -0.05) is 18.6 Å². The molecule has 4 heteroatoms. The van der Waals surface area contributed by atoms with E-state index in [9.17, 15) is 5.21 Å². The van der Waals surface area contributed by atoms with E-state index in [0.717, 1.165) is 35.9 Å². The van der Waals surface area contributed by atoms with Gasteiger partial charge in [-0.15, -0.1) is 0 Å². The zero-order chi connectivity index (χ0) is 13.2. The second-order valence-corrected chi connectivity index (χ2v) is 5.51. The van der Waals surface area contributed by atoms with Crippen LogP contribution in [0.4, 0.5) is 0 Å². The Morgan fingerprint density at radius 1 is 1.26 bits per heavy atom. The van der Waals surface area contributed by atoms with Gasteiger partial charge < -0.3 is 10.3 Å². The number of nitrogens with zero attached hydrogens (tertiary/aromatic N) is 2. The number of rotatable bonds is 2. The highest BCUT2D eigenvalue weighted by atomic mass is 16.5. The van der Waals surface area contributed by atoms with Gasteiger partial charge in [0.25, 0.3) is 0 Å². The van der Waals surface area contributed by atoms with Gasteiger partial charge >= 0.3 is 0 Å². The summed E-state index contributed by atoms with van der Waals surface area (Å²) in [6.45, 7) is 4.93. The summed E-state index contributed by atoms with van der Waals surface area (Å²) in [5.41, 5.74) is 0.868. The fourth-order valence-corrected chi connectivity index (χ4v) is 3.02. The Morgan fingerprint density at radius 3 is 2.79 bits per heavy atom. The van der Waals surface area contributed by atoms with Crippen LogP contribution in [0.5, 0.6) is 0 Å². The van der Waals surface area contributed by atoms with Crippen molar-refractivity contribution in [2.24, 2.45) is 4.99 Å². The Labute approximate surface area is 113 Å². The molecule has 0 aliphatic carbocycles. The van der Waals surface area contributed by atoms with Crippen LogP contribution in [-0.4, -0.2) is 30.7 Å². The van der Waals surface area contributed by atoms with E-state index in [-0.39, 0.29) is 11.2 Å². The SMILES string of the molecule is CC1=c2ccccc2=NC(CN2CCCCC2)[NH+]1[O-]. The smallest absolute Gasteiger partial charge is 0.198 e. The summed E-state index contributed by atoms with van der Waals surface area (Å²) in [5, 5.41) is 14.6. The molecule has 2 heterocycles. The summed E-state index contributed by atoms with van der Waals surface area (Å²) in [7, 11) is 0. The first-order valence-electron chi connectivity index (χ1n) is 7.16. The Balaban J connectivity index is 1.86. The third-order valence-electron chi connectivity index (χ3n) is 4.16. The van der Waals surface area contributed by atoms with Crippen LogP contribution in [0, 0.1) is 5.21 Å². The molecule has 2 unspecified atom stereocenters. The van der Waals surface area contributed by atoms with Gasteiger partial charge in [-0.05, 0) is 38.1 Å². The van der Waals surface area contributed by atoms with Crippen molar-refractivity contribution in [3.63, 3.8) is 0 Å².